The first-order valence-corrected chi connectivity index (χ1v) is 8.62. The fourth-order valence-corrected chi connectivity index (χ4v) is 3.84. The Balaban J connectivity index is 2.30. The van der Waals surface area contributed by atoms with Crippen LogP contribution in [-0.2, 0) is 4.74 Å². The van der Waals surface area contributed by atoms with Crippen molar-refractivity contribution in [2.24, 2.45) is 0 Å². The van der Waals surface area contributed by atoms with Gasteiger partial charge in [0.25, 0.3) is 0 Å². The van der Waals surface area contributed by atoms with E-state index in [1.54, 1.807) is 18.4 Å². The number of halogens is 1. The quantitative estimate of drug-likeness (QED) is 0.706. The second-order valence-corrected chi connectivity index (χ2v) is 6.30. The minimum absolute atomic E-state index is 0.128. The van der Waals surface area contributed by atoms with Crippen LogP contribution in [-0.4, -0.2) is 26.9 Å². The Bertz CT molecular complexity index is 559. The van der Waals surface area contributed by atoms with Crippen molar-refractivity contribution in [2.75, 3.05) is 26.9 Å². The molecule has 1 heterocycles. The molecule has 0 saturated heterocycles. The third kappa shape index (κ3) is 4.30. The maximum Gasteiger partial charge on any atom is 0.124 e. The predicted octanol–water partition coefficient (Wildman–Crippen LogP) is 4.23. The van der Waals surface area contributed by atoms with Crippen molar-refractivity contribution >= 4 is 27.3 Å². The summed E-state index contributed by atoms with van der Waals surface area (Å²) < 4.78 is 12.1. The van der Waals surface area contributed by atoms with E-state index in [-0.39, 0.29) is 6.04 Å². The second kappa shape index (κ2) is 8.54. The molecular formula is C16H20BrNO2S. The highest BCUT2D eigenvalue weighted by molar-refractivity contribution is 9.10. The number of ether oxygens (including phenoxy) is 2. The van der Waals surface area contributed by atoms with Crippen molar-refractivity contribution in [2.45, 2.75) is 13.0 Å². The maximum atomic E-state index is 5.87. The average molecular weight is 370 g/mol. The number of nitrogens with one attached hydrogen (secondary N) is 1. The molecule has 1 aromatic carbocycles. The Morgan fingerprint density at radius 3 is 2.71 bits per heavy atom. The lowest BCUT2D eigenvalue weighted by Gasteiger charge is -2.21. The predicted molar refractivity (Wildman–Crippen MR) is 91.4 cm³/mol. The average Bonchev–Trinajstić information content (AvgIpc) is 2.92. The van der Waals surface area contributed by atoms with Gasteiger partial charge in [0.1, 0.15) is 12.4 Å². The zero-order chi connectivity index (χ0) is 15.1. The molecule has 2 rings (SSSR count). The van der Waals surface area contributed by atoms with Gasteiger partial charge in [0.2, 0.25) is 0 Å². The van der Waals surface area contributed by atoms with Crippen molar-refractivity contribution in [3.05, 3.63) is 50.6 Å². The van der Waals surface area contributed by atoms with E-state index >= 15 is 0 Å². The van der Waals surface area contributed by atoms with Crippen LogP contribution >= 0.6 is 27.3 Å². The van der Waals surface area contributed by atoms with Gasteiger partial charge in [-0.25, -0.2) is 0 Å². The highest BCUT2D eigenvalue weighted by Crippen LogP contribution is 2.36. The van der Waals surface area contributed by atoms with Crippen LogP contribution in [0.2, 0.25) is 0 Å². The van der Waals surface area contributed by atoms with Crippen LogP contribution < -0.4 is 10.1 Å². The molecule has 0 radical (unpaired) electrons. The largest absolute Gasteiger partial charge is 0.491 e. The van der Waals surface area contributed by atoms with Crippen LogP contribution in [0, 0.1) is 0 Å². The van der Waals surface area contributed by atoms with Gasteiger partial charge in [-0.3, -0.25) is 0 Å². The normalized spacial score (nSPS) is 12.3. The first-order chi connectivity index (χ1) is 10.3. The van der Waals surface area contributed by atoms with Gasteiger partial charge in [-0.05, 0) is 40.0 Å². The second-order valence-electron chi connectivity index (χ2n) is 4.50. The molecule has 1 unspecified atom stereocenters. The molecule has 1 aromatic heterocycles. The molecular weight excluding hydrogens is 350 g/mol. The monoisotopic (exact) mass is 369 g/mol. The van der Waals surface area contributed by atoms with E-state index in [1.165, 1.54) is 4.88 Å². The summed E-state index contributed by atoms with van der Waals surface area (Å²) in [4.78, 5) is 1.26. The number of benzene rings is 1. The lowest BCUT2D eigenvalue weighted by atomic mass is 10.0. The Kier molecular flexibility index (Phi) is 6.70. The molecule has 3 nitrogen and oxygen atoms in total. The Labute approximate surface area is 138 Å². The number of hydrogen-bond donors (Lipinski definition) is 1. The van der Waals surface area contributed by atoms with E-state index in [9.17, 15) is 0 Å². The Hall–Kier alpha value is -0.880. The van der Waals surface area contributed by atoms with Crippen LogP contribution in [0.4, 0.5) is 0 Å². The molecule has 0 fully saturated rings. The molecule has 0 spiro atoms. The van der Waals surface area contributed by atoms with Gasteiger partial charge in [0.15, 0.2) is 0 Å². The van der Waals surface area contributed by atoms with E-state index in [0.29, 0.717) is 13.2 Å². The lowest BCUT2D eigenvalue weighted by molar-refractivity contribution is 0.145. The molecule has 21 heavy (non-hydrogen) atoms. The van der Waals surface area contributed by atoms with Gasteiger partial charge in [-0.1, -0.05) is 25.1 Å². The van der Waals surface area contributed by atoms with Gasteiger partial charge in [-0.15, -0.1) is 11.3 Å². The summed E-state index contributed by atoms with van der Waals surface area (Å²) in [6, 6.07) is 10.4. The van der Waals surface area contributed by atoms with Gasteiger partial charge in [0, 0.05) is 22.0 Å². The number of hydrogen-bond acceptors (Lipinski definition) is 4. The van der Waals surface area contributed by atoms with Crippen LogP contribution in [0.1, 0.15) is 23.4 Å². The number of rotatable bonds is 8. The van der Waals surface area contributed by atoms with E-state index in [0.717, 1.165) is 22.3 Å². The SMILES string of the molecule is CCNC(c1ccccc1OCCOC)c1sccc1Br. The van der Waals surface area contributed by atoms with Crippen LogP contribution in [0.15, 0.2) is 40.2 Å². The minimum Gasteiger partial charge on any atom is -0.491 e. The summed E-state index contributed by atoms with van der Waals surface area (Å²) >= 11 is 5.37. The summed E-state index contributed by atoms with van der Waals surface area (Å²) in [5.74, 6) is 0.904. The molecule has 1 N–H and O–H groups in total. The van der Waals surface area contributed by atoms with Crippen LogP contribution in [0.5, 0.6) is 5.75 Å². The Morgan fingerprint density at radius 1 is 1.24 bits per heavy atom. The van der Waals surface area contributed by atoms with Crippen LogP contribution in [0.25, 0.3) is 0 Å². The van der Waals surface area contributed by atoms with Gasteiger partial charge < -0.3 is 14.8 Å². The lowest BCUT2D eigenvalue weighted by Crippen LogP contribution is -2.22. The summed E-state index contributed by atoms with van der Waals surface area (Å²) in [6.45, 7) is 4.14. The molecule has 5 heteroatoms. The highest BCUT2D eigenvalue weighted by Gasteiger charge is 2.20. The molecule has 0 saturated carbocycles. The van der Waals surface area contributed by atoms with Crippen molar-refractivity contribution in [1.82, 2.24) is 5.32 Å². The van der Waals surface area contributed by atoms with Crippen molar-refractivity contribution in [3.8, 4) is 5.75 Å². The van der Waals surface area contributed by atoms with E-state index in [4.69, 9.17) is 9.47 Å². The first kappa shape index (κ1) is 16.5. The fourth-order valence-electron chi connectivity index (χ4n) is 2.14. The topological polar surface area (TPSA) is 30.5 Å². The van der Waals surface area contributed by atoms with Gasteiger partial charge in [0.05, 0.1) is 12.6 Å². The Morgan fingerprint density at radius 2 is 2.05 bits per heavy atom. The summed E-state index contributed by atoms with van der Waals surface area (Å²) in [5.41, 5.74) is 1.15. The molecule has 0 aliphatic rings. The standard InChI is InChI=1S/C16H20BrNO2S/c1-3-18-15(16-13(17)8-11-21-16)12-6-4-5-7-14(12)20-10-9-19-2/h4-8,11,15,18H,3,9-10H2,1-2H3. The molecule has 0 amide bonds. The fraction of sp³-hybridized carbons (Fsp3) is 0.375. The number of thiophene rings is 1. The minimum atomic E-state index is 0.128. The zero-order valence-corrected chi connectivity index (χ0v) is 14.7. The molecule has 0 aliphatic carbocycles. The van der Waals surface area contributed by atoms with Crippen molar-refractivity contribution < 1.29 is 9.47 Å². The molecule has 0 bridgehead atoms. The summed E-state index contributed by atoms with van der Waals surface area (Å²) in [7, 11) is 1.68. The summed E-state index contributed by atoms with van der Waals surface area (Å²) in [6.07, 6.45) is 0. The third-order valence-corrected chi connectivity index (χ3v) is 5.03. The maximum absolute atomic E-state index is 5.87. The third-order valence-electron chi connectivity index (χ3n) is 3.09. The van der Waals surface area contributed by atoms with Gasteiger partial charge in [-0.2, -0.15) is 0 Å². The van der Waals surface area contributed by atoms with E-state index in [1.807, 2.05) is 18.2 Å². The van der Waals surface area contributed by atoms with E-state index in [2.05, 4.69) is 45.7 Å². The smallest absolute Gasteiger partial charge is 0.124 e. The van der Waals surface area contributed by atoms with Gasteiger partial charge >= 0.3 is 0 Å². The first-order valence-electron chi connectivity index (χ1n) is 6.94. The van der Waals surface area contributed by atoms with Crippen LogP contribution in [0.3, 0.4) is 0 Å². The highest BCUT2D eigenvalue weighted by atomic mass is 79.9. The molecule has 0 aliphatic heterocycles. The number of methoxy groups -OCH3 is 1. The number of para-hydroxylation sites is 1. The molecule has 2 aromatic rings. The van der Waals surface area contributed by atoms with Crippen molar-refractivity contribution in [1.29, 1.82) is 0 Å². The molecule has 1 atom stereocenters. The molecule has 114 valence electrons. The summed E-state index contributed by atoms with van der Waals surface area (Å²) in [5, 5.41) is 5.64. The van der Waals surface area contributed by atoms with E-state index < -0.39 is 0 Å². The zero-order valence-electron chi connectivity index (χ0n) is 12.3. The van der Waals surface area contributed by atoms with Crippen molar-refractivity contribution in [3.63, 3.8) is 0 Å².